The number of nitrogens with one attached hydrogen (secondary N) is 2. The zero-order valence-corrected chi connectivity index (χ0v) is 18.2. The molecule has 4 rings (SSSR count). The van der Waals surface area contributed by atoms with Gasteiger partial charge in [-0.25, -0.2) is 4.79 Å². The Labute approximate surface area is 186 Å². The molecule has 0 bridgehead atoms. The van der Waals surface area contributed by atoms with Gasteiger partial charge in [0, 0.05) is 6.42 Å². The molecule has 2 aromatic carbocycles. The zero-order chi connectivity index (χ0) is 22.7. The average Bonchev–Trinajstić information content (AvgIpc) is 3.32. The fraction of sp³-hybridized carbons (Fsp3) is 0.375. The van der Waals surface area contributed by atoms with Crippen molar-refractivity contribution in [2.24, 2.45) is 0 Å². The van der Waals surface area contributed by atoms with Crippen LogP contribution in [0.1, 0.15) is 42.0 Å². The molecule has 2 aliphatic rings. The lowest BCUT2D eigenvalue weighted by Crippen LogP contribution is -2.33. The van der Waals surface area contributed by atoms with E-state index in [2.05, 4.69) is 10.6 Å². The van der Waals surface area contributed by atoms with Crippen molar-refractivity contribution in [2.75, 3.05) is 14.2 Å². The monoisotopic (exact) mass is 437 g/mol. The summed E-state index contributed by atoms with van der Waals surface area (Å²) in [5, 5.41) is 5.75. The van der Waals surface area contributed by atoms with Crippen molar-refractivity contribution in [2.45, 2.75) is 44.3 Å². The molecule has 1 heterocycles. The van der Waals surface area contributed by atoms with Gasteiger partial charge in [0.25, 0.3) is 5.91 Å². The summed E-state index contributed by atoms with van der Waals surface area (Å²) in [7, 11) is 3.18. The van der Waals surface area contributed by atoms with E-state index in [0.29, 0.717) is 11.5 Å². The maximum absolute atomic E-state index is 12.7. The number of aryl methyl sites for hydroxylation is 1. The number of amides is 4. The maximum atomic E-state index is 12.7. The first-order valence-corrected chi connectivity index (χ1v) is 10.7. The number of carbonyl (C=O) groups is 3. The average molecular weight is 437 g/mol. The predicted octanol–water partition coefficient (Wildman–Crippen LogP) is 2.71. The molecule has 2 N–H and O–H groups in total. The molecule has 8 heteroatoms. The Kier molecular flexibility index (Phi) is 6.30. The van der Waals surface area contributed by atoms with Crippen LogP contribution in [0.4, 0.5) is 4.79 Å². The van der Waals surface area contributed by atoms with Crippen LogP contribution in [-0.2, 0) is 22.6 Å². The molecule has 0 radical (unpaired) electrons. The van der Waals surface area contributed by atoms with Gasteiger partial charge in [0.1, 0.15) is 6.04 Å². The number of imide groups is 1. The highest BCUT2D eigenvalue weighted by Crippen LogP contribution is 2.39. The minimum atomic E-state index is -0.683. The number of hydrogen-bond donors (Lipinski definition) is 2. The van der Waals surface area contributed by atoms with Gasteiger partial charge in [-0.2, -0.15) is 0 Å². The van der Waals surface area contributed by atoms with Crippen LogP contribution in [0, 0.1) is 0 Å². The molecule has 1 fully saturated rings. The molecule has 1 saturated heterocycles. The summed E-state index contributed by atoms with van der Waals surface area (Å²) in [6, 6.07) is 12.0. The third-order valence-corrected chi connectivity index (χ3v) is 6.01. The van der Waals surface area contributed by atoms with Gasteiger partial charge < -0.3 is 20.1 Å². The van der Waals surface area contributed by atoms with Crippen molar-refractivity contribution in [1.29, 1.82) is 0 Å². The van der Waals surface area contributed by atoms with Crippen molar-refractivity contribution in [3.63, 3.8) is 0 Å². The van der Waals surface area contributed by atoms with Gasteiger partial charge in [-0.05, 0) is 48.1 Å². The lowest BCUT2D eigenvalue weighted by atomic mass is 10.1. The van der Waals surface area contributed by atoms with Gasteiger partial charge in [-0.1, -0.05) is 30.3 Å². The molecular weight excluding hydrogens is 410 g/mol. The number of urea groups is 1. The number of nitrogens with zero attached hydrogens (tertiary/aromatic N) is 1. The number of benzene rings is 2. The largest absolute Gasteiger partial charge is 0.493 e. The van der Waals surface area contributed by atoms with Crippen LogP contribution >= 0.6 is 0 Å². The van der Waals surface area contributed by atoms with Crippen LogP contribution in [-0.4, -0.2) is 43.0 Å². The standard InChI is InChI=1S/C24H27N3O5/c1-31-20-12-16-8-9-18(17(16)13-21(20)32-2)25-22(28)11-10-19-23(29)27(24(30)26-19)14-15-6-4-3-5-7-15/h3-7,12-13,18-19H,8-11,14H2,1-2H3,(H,25,28)(H,26,30)/t18?,19-/m0/s1. The Balaban J connectivity index is 1.32. The molecule has 0 aromatic heterocycles. The minimum Gasteiger partial charge on any atom is -0.493 e. The lowest BCUT2D eigenvalue weighted by molar-refractivity contribution is -0.128. The fourth-order valence-corrected chi connectivity index (χ4v) is 4.31. The summed E-state index contributed by atoms with van der Waals surface area (Å²) in [4.78, 5) is 38.7. The molecule has 0 spiro atoms. The highest BCUT2D eigenvalue weighted by atomic mass is 16.5. The van der Waals surface area contributed by atoms with Gasteiger partial charge >= 0.3 is 6.03 Å². The molecule has 2 atom stereocenters. The van der Waals surface area contributed by atoms with Gasteiger partial charge in [-0.15, -0.1) is 0 Å². The summed E-state index contributed by atoms with van der Waals surface area (Å²) in [6.45, 7) is 0.221. The third-order valence-electron chi connectivity index (χ3n) is 6.01. The molecule has 32 heavy (non-hydrogen) atoms. The van der Waals surface area contributed by atoms with Crippen molar-refractivity contribution >= 4 is 17.8 Å². The Bertz CT molecular complexity index is 1020. The van der Waals surface area contributed by atoms with Crippen LogP contribution in [0.5, 0.6) is 11.5 Å². The number of ether oxygens (including phenoxy) is 2. The van der Waals surface area contributed by atoms with E-state index in [1.54, 1.807) is 14.2 Å². The van der Waals surface area contributed by atoms with Crippen LogP contribution in [0.3, 0.4) is 0 Å². The van der Waals surface area contributed by atoms with E-state index in [-0.39, 0.29) is 37.2 Å². The Hall–Kier alpha value is -3.55. The highest BCUT2D eigenvalue weighted by Gasteiger charge is 2.38. The second-order valence-electron chi connectivity index (χ2n) is 8.02. The van der Waals surface area contributed by atoms with Crippen LogP contribution in [0.2, 0.25) is 0 Å². The van der Waals surface area contributed by atoms with Crippen LogP contribution in [0.25, 0.3) is 0 Å². The Morgan fingerprint density at radius 2 is 1.84 bits per heavy atom. The molecule has 1 aliphatic heterocycles. The Morgan fingerprint density at radius 1 is 1.12 bits per heavy atom. The Morgan fingerprint density at radius 3 is 2.56 bits per heavy atom. The summed E-state index contributed by atoms with van der Waals surface area (Å²) >= 11 is 0. The van der Waals surface area contributed by atoms with E-state index in [1.807, 2.05) is 42.5 Å². The number of hydrogen-bond acceptors (Lipinski definition) is 5. The predicted molar refractivity (Wildman–Crippen MR) is 117 cm³/mol. The minimum absolute atomic E-state index is 0.110. The second kappa shape index (κ2) is 9.30. The fourth-order valence-electron chi connectivity index (χ4n) is 4.31. The van der Waals surface area contributed by atoms with Crippen molar-refractivity contribution in [3.8, 4) is 11.5 Å². The molecule has 1 aliphatic carbocycles. The summed E-state index contributed by atoms with van der Waals surface area (Å²) < 4.78 is 10.7. The van der Waals surface area contributed by atoms with E-state index in [4.69, 9.17) is 9.47 Å². The zero-order valence-electron chi connectivity index (χ0n) is 18.2. The molecule has 2 aromatic rings. The quantitative estimate of drug-likeness (QED) is 0.619. The lowest BCUT2D eigenvalue weighted by Gasteiger charge is -2.17. The summed E-state index contributed by atoms with van der Waals surface area (Å²) in [5.41, 5.74) is 3.03. The highest BCUT2D eigenvalue weighted by molar-refractivity contribution is 6.04. The van der Waals surface area contributed by atoms with Gasteiger partial charge in [-0.3, -0.25) is 14.5 Å². The second-order valence-corrected chi connectivity index (χ2v) is 8.02. The van der Waals surface area contributed by atoms with Crippen molar-refractivity contribution < 1.29 is 23.9 Å². The van der Waals surface area contributed by atoms with Crippen LogP contribution < -0.4 is 20.1 Å². The van der Waals surface area contributed by atoms with E-state index in [9.17, 15) is 14.4 Å². The first-order valence-electron chi connectivity index (χ1n) is 10.7. The van der Waals surface area contributed by atoms with Crippen molar-refractivity contribution in [1.82, 2.24) is 15.5 Å². The molecule has 8 nitrogen and oxygen atoms in total. The normalized spacial score (nSPS) is 19.5. The molecule has 168 valence electrons. The summed E-state index contributed by atoms with van der Waals surface area (Å²) in [5.74, 6) is 0.856. The first kappa shape index (κ1) is 21.7. The van der Waals surface area contributed by atoms with Gasteiger partial charge in [0.05, 0.1) is 26.8 Å². The van der Waals surface area contributed by atoms with E-state index in [1.165, 1.54) is 4.90 Å². The summed E-state index contributed by atoms with van der Waals surface area (Å²) in [6.07, 6.45) is 2.04. The number of methoxy groups -OCH3 is 2. The molecule has 1 unspecified atom stereocenters. The van der Waals surface area contributed by atoms with Gasteiger partial charge in [0.15, 0.2) is 11.5 Å². The molecule has 4 amide bonds. The third kappa shape index (κ3) is 4.39. The van der Waals surface area contributed by atoms with E-state index >= 15 is 0 Å². The molecule has 0 saturated carbocycles. The van der Waals surface area contributed by atoms with E-state index in [0.717, 1.165) is 29.5 Å². The number of carbonyl (C=O) groups excluding carboxylic acids is 3. The van der Waals surface area contributed by atoms with E-state index < -0.39 is 12.1 Å². The smallest absolute Gasteiger partial charge is 0.325 e. The van der Waals surface area contributed by atoms with Crippen molar-refractivity contribution in [3.05, 3.63) is 59.2 Å². The number of rotatable bonds is 8. The van der Waals surface area contributed by atoms with Gasteiger partial charge in [0.2, 0.25) is 5.91 Å². The molecular formula is C24H27N3O5. The first-order chi connectivity index (χ1) is 15.5. The van der Waals surface area contributed by atoms with Crippen LogP contribution in [0.15, 0.2) is 42.5 Å². The topological polar surface area (TPSA) is 97.0 Å². The number of fused-ring (bicyclic) bond motifs is 1. The SMILES string of the molecule is COc1cc2c(cc1OC)C(NC(=O)CC[C@@H]1NC(=O)N(Cc3ccccc3)C1=O)CC2. The maximum Gasteiger partial charge on any atom is 0.325 e.